The standard InChI is InChI=1S/C7H13IN2/c1-3-4-9-5-7(2)10(8)6-9/h5H,3-4,6H2,1-2H3. The topological polar surface area (TPSA) is 6.48 Å². The lowest BCUT2D eigenvalue weighted by molar-refractivity contribution is 0.354. The highest BCUT2D eigenvalue weighted by atomic mass is 127. The van der Waals surface area contributed by atoms with Crippen molar-refractivity contribution in [3.05, 3.63) is 11.9 Å². The molecule has 0 fully saturated rings. The van der Waals surface area contributed by atoms with E-state index >= 15 is 0 Å². The number of halogens is 1. The van der Waals surface area contributed by atoms with Crippen LogP contribution in [-0.4, -0.2) is 21.2 Å². The minimum atomic E-state index is 1.06. The summed E-state index contributed by atoms with van der Waals surface area (Å²) in [7, 11) is 0. The first-order valence-corrected chi connectivity index (χ1v) is 4.56. The molecule has 0 radical (unpaired) electrons. The first-order valence-electron chi connectivity index (χ1n) is 3.60. The molecule has 0 amide bonds. The molecule has 0 aliphatic carbocycles. The molecule has 1 heterocycles. The van der Waals surface area contributed by atoms with Gasteiger partial charge >= 0.3 is 0 Å². The first kappa shape index (κ1) is 8.17. The molecule has 0 atom stereocenters. The molecular weight excluding hydrogens is 239 g/mol. The van der Waals surface area contributed by atoms with Crippen LogP contribution in [0.15, 0.2) is 11.9 Å². The van der Waals surface area contributed by atoms with E-state index < -0.39 is 0 Å². The number of allylic oxidation sites excluding steroid dienone is 1. The monoisotopic (exact) mass is 252 g/mol. The summed E-state index contributed by atoms with van der Waals surface area (Å²) in [6.45, 7) is 6.58. The highest BCUT2D eigenvalue weighted by Crippen LogP contribution is 2.18. The van der Waals surface area contributed by atoms with E-state index in [-0.39, 0.29) is 0 Å². The zero-order chi connectivity index (χ0) is 7.56. The highest BCUT2D eigenvalue weighted by molar-refractivity contribution is 14.1. The van der Waals surface area contributed by atoms with Crippen molar-refractivity contribution >= 4 is 22.9 Å². The summed E-state index contributed by atoms with van der Waals surface area (Å²) >= 11 is 2.34. The van der Waals surface area contributed by atoms with Crippen molar-refractivity contribution < 1.29 is 0 Å². The second kappa shape index (κ2) is 3.46. The molecule has 0 unspecified atom stereocenters. The average molecular weight is 252 g/mol. The maximum atomic E-state index is 2.34. The van der Waals surface area contributed by atoms with Crippen molar-refractivity contribution in [2.75, 3.05) is 13.2 Å². The average Bonchev–Trinajstić information content (AvgIpc) is 2.14. The predicted octanol–water partition coefficient (Wildman–Crippen LogP) is 2.18. The summed E-state index contributed by atoms with van der Waals surface area (Å²) in [5, 5.41) is 0. The zero-order valence-corrected chi connectivity index (χ0v) is 8.63. The van der Waals surface area contributed by atoms with Crippen molar-refractivity contribution in [1.29, 1.82) is 0 Å². The molecule has 1 rings (SSSR count). The lowest BCUT2D eigenvalue weighted by atomic mass is 10.4. The van der Waals surface area contributed by atoms with Gasteiger partial charge in [0.05, 0.1) is 29.5 Å². The van der Waals surface area contributed by atoms with E-state index in [4.69, 9.17) is 0 Å². The van der Waals surface area contributed by atoms with Crippen molar-refractivity contribution in [3.63, 3.8) is 0 Å². The van der Waals surface area contributed by atoms with Crippen LogP contribution in [0.4, 0.5) is 0 Å². The molecule has 0 saturated carbocycles. The Labute approximate surface area is 76.4 Å². The fourth-order valence-corrected chi connectivity index (χ4v) is 1.58. The minimum Gasteiger partial charge on any atom is -0.358 e. The maximum absolute atomic E-state index is 2.34. The summed E-state index contributed by atoms with van der Waals surface area (Å²) in [4.78, 5) is 2.34. The van der Waals surface area contributed by atoms with Gasteiger partial charge in [0, 0.05) is 18.4 Å². The van der Waals surface area contributed by atoms with Gasteiger partial charge in [-0.05, 0) is 13.3 Å². The van der Waals surface area contributed by atoms with Crippen molar-refractivity contribution in [1.82, 2.24) is 8.01 Å². The molecule has 0 saturated heterocycles. The fourth-order valence-electron chi connectivity index (χ4n) is 1.06. The van der Waals surface area contributed by atoms with Crippen LogP contribution in [-0.2, 0) is 0 Å². The Morgan fingerprint density at radius 2 is 2.40 bits per heavy atom. The summed E-state index contributed by atoms with van der Waals surface area (Å²) in [5.74, 6) is 0. The summed E-state index contributed by atoms with van der Waals surface area (Å²) in [5.41, 5.74) is 1.36. The Morgan fingerprint density at radius 3 is 2.80 bits per heavy atom. The zero-order valence-electron chi connectivity index (χ0n) is 6.47. The van der Waals surface area contributed by atoms with E-state index in [1.165, 1.54) is 18.7 Å². The van der Waals surface area contributed by atoms with Gasteiger partial charge in [-0.3, -0.25) is 3.11 Å². The van der Waals surface area contributed by atoms with E-state index in [2.05, 4.69) is 50.9 Å². The van der Waals surface area contributed by atoms with Crippen LogP contribution < -0.4 is 0 Å². The molecule has 1 aliphatic heterocycles. The largest absolute Gasteiger partial charge is 0.358 e. The third kappa shape index (κ3) is 1.78. The summed E-state index contributed by atoms with van der Waals surface area (Å²) < 4.78 is 2.23. The van der Waals surface area contributed by atoms with Crippen LogP contribution >= 0.6 is 22.9 Å². The van der Waals surface area contributed by atoms with E-state index in [9.17, 15) is 0 Å². The highest BCUT2D eigenvalue weighted by Gasteiger charge is 2.13. The van der Waals surface area contributed by atoms with Gasteiger partial charge in [0.2, 0.25) is 0 Å². The molecular formula is C7H13IN2. The third-order valence-corrected chi connectivity index (χ3v) is 2.63. The van der Waals surface area contributed by atoms with Gasteiger partial charge in [0.25, 0.3) is 0 Å². The lowest BCUT2D eigenvalue weighted by Crippen LogP contribution is -2.20. The maximum Gasteiger partial charge on any atom is 0.0990 e. The fraction of sp³-hybridized carbons (Fsp3) is 0.714. The van der Waals surface area contributed by atoms with Gasteiger partial charge in [-0.25, -0.2) is 0 Å². The molecule has 58 valence electrons. The van der Waals surface area contributed by atoms with Crippen LogP contribution in [0.2, 0.25) is 0 Å². The number of nitrogens with zero attached hydrogens (tertiary/aromatic N) is 2. The number of rotatable bonds is 2. The predicted molar refractivity (Wildman–Crippen MR) is 51.5 cm³/mol. The molecule has 0 aromatic carbocycles. The number of hydrogen-bond acceptors (Lipinski definition) is 2. The lowest BCUT2D eigenvalue weighted by Gasteiger charge is -2.15. The van der Waals surface area contributed by atoms with E-state index in [0.29, 0.717) is 0 Å². The van der Waals surface area contributed by atoms with Crippen molar-refractivity contribution in [2.45, 2.75) is 20.3 Å². The molecule has 0 N–H and O–H groups in total. The molecule has 10 heavy (non-hydrogen) atoms. The van der Waals surface area contributed by atoms with Gasteiger partial charge in [-0.1, -0.05) is 6.92 Å². The Balaban J connectivity index is 2.40. The molecule has 0 spiro atoms. The quantitative estimate of drug-likeness (QED) is 0.549. The molecule has 3 heteroatoms. The molecule has 0 aromatic heterocycles. The van der Waals surface area contributed by atoms with Gasteiger partial charge in [-0.15, -0.1) is 0 Å². The summed E-state index contributed by atoms with van der Waals surface area (Å²) in [6, 6.07) is 0. The SMILES string of the molecule is CCCN1C=C(C)N(I)C1. The van der Waals surface area contributed by atoms with Crippen molar-refractivity contribution in [3.8, 4) is 0 Å². The smallest absolute Gasteiger partial charge is 0.0990 e. The van der Waals surface area contributed by atoms with Gasteiger partial charge in [0.1, 0.15) is 0 Å². The van der Waals surface area contributed by atoms with Crippen LogP contribution in [0.5, 0.6) is 0 Å². The van der Waals surface area contributed by atoms with Crippen LogP contribution in [0, 0.1) is 0 Å². The Kier molecular flexibility index (Phi) is 2.82. The Bertz CT molecular complexity index is 145. The van der Waals surface area contributed by atoms with E-state index in [1.807, 2.05) is 0 Å². The minimum absolute atomic E-state index is 1.06. The first-order chi connectivity index (χ1) is 4.74. The second-order valence-corrected chi connectivity index (χ2v) is 3.75. The van der Waals surface area contributed by atoms with Gasteiger partial charge in [0.15, 0.2) is 0 Å². The molecule has 0 aromatic rings. The molecule has 0 bridgehead atoms. The summed E-state index contributed by atoms with van der Waals surface area (Å²) in [6.07, 6.45) is 3.45. The molecule has 1 aliphatic rings. The van der Waals surface area contributed by atoms with Crippen LogP contribution in [0.1, 0.15) is 20.3 Å². The Hall–Kier alpha value is 0.0700. The van der Waals surface area contributed by atoms with E-state index in [1.54, 1.807) is 0 Å². The van der Waals surface area contributed by atoms with Crippen LogP contribution in [0.25, 0.3) is 0 Å². The van der Waals surface area contributed by atoms with Crippen LogP contribution in [0.3, 0.4) is 0 Å². The third-order valence-electron chi connectivity index (χ3n) is 1.57. The van der Waals surface area contributed by atoms with Crippen molar-refractivity contribution in [2.24, 2.45) is 0 Å². The molecule has 2 nitrogen and oxygen atoms in total. The van der Waals surface area contributed by atoms with Gasteiger partial charge in [-0.2, -0.15) is 0 Å². The normalized spacial score (nSPS) is 18.1. The Morgan fingerprint density at radius 1 is 1.70 bits per heavy atom. The van der Waals surface area contributed by atoms with E-state index in [0.717, 1.165) is 6.67 Å². The second-order valence-electron chi connectivity index (χ2n) is 2.59. The number of hydrogen-bond donors (Lipinski definition) is 0. The van der Waals surface area contributed by atoms with Gasteiger partial charge < -0.3 is 4.90 Å².